The molecule has 2 rings (SSSR count). The van der Waals surface area contributed by atoms with Gasteiger partial charge in [-0.2, -0.15) is 8.42 Å². The third-order valence-corrected chi connectivity index (χ3v) is 4.22. The molecule has 0 radical (unpaired) electrons. The molecular formula is C14H17NNaO5S+. The van der Waals surface area contributed by atoms with Gasteiger partial charge in [0.25, 0.3) is 21.9 Å². The second-order valence-corrected chi connectivity index (χ2v) is 6.58. The first-order valence-corrected chi connectivity index (χ1v) is 8.41. The molecule has 0 atom stereocenters. The first kappa shape index (κ1) is 19.3. The smallest absolute Gasteiger partial charge is 0.286 e. The minimum atomic E-state index is -3.90. The Morgan fingerprint density at radius 1 is 0.909 bits per heavy atom. The molecule has 8 heteroatoms. The summed E-state index contributed by atoms with van der Waals surface area (Å²) in [6.07, 6.45) is 2.32. The van der Waals surface area contributed by atoms with Gasteiger partial charge in [-0.1, -0.05) is 25.0 Å². The van der Waals surface area contributed by atoms with Crippen molar-refractivity contribution < 1.29 is 52.1 Å². The van der Waals surface area contributed by atoms with E-state index in [1.54, 1.807) is 24.3 Å². The van der Waals surface area contributed by atoms with E-state index in [-0.39, 0.29) is 47.1 Å². The molecule has 1 aliphatic rings. The monoisotopic (exact) mass is 334 g/mol. The fourth-order valence-corrected chi connectivity index (χ4v) is 2.92. The summed E-state index contributed by atoms with van der Waals surface area (Å²) in [6.45, 7) is 0.332. The number of unbranched alkanes of at least 4 members (excludes halogenated alkanes) is 3. The van der Waals surface area contributed by atoms with Crippen LogP contribution < -0.4 is 29.6 Å². The maximum atomic E-state index is 12.1. The van der Waals surface area contributed by atoms with Crippen LogP contribution in [0.2, 0.25) is 0 Å². The fraction of sp³-hybridized carbons (Fsp3) is 0.429. The Morgan fingerprint density at radius 3 is 1.91 bits per heavy atom. The van der Waals surface area contributed by atoms with Gasteiger partial charge in [-0.05, 0) is 25.0 Å². The molecule has 0 aromatic heterocycles. The quantitative estimate of drug-likeness (QED) is 0.291. The molecule has 0 spiro atoms. The van der Waals surface area contributed by atoms with Gasteiger partial charge in [-0.3, -0.25) is 19.0 Å². The van der Waals surface area contributed by atoms with E-state index in [1.807, 2.05) is 0 Å². The number of carbonyl (C=O) groups is 2. The van der Waals surface area contributed by atoms with Crippen LogP contribution in [-0.4, -0.2) is 42.0 Å². The number of hydrogen-bond donors (Lipinski definition) is 1. The van der Waals surface area contributed by atoms with Gasteiger partial charge in [0.15, 0.2) is 0 Å². The van der Waals surface area contributed by atoms with Crippen LogP contribution in [0.25, 0.3) is 0 Å². The van der Waals surface area contributed by atoms with Crippen LogP contribution in [-0.2, 0) is 10.1 Å². The topological polar surface area (TPSA) is 91.8 Å². The van der Waals surface area contributed by atoms with Crippen LogP contribution >= 0.6 is 0 Å². The second-order valence-electron chi connectivity index (χ2n) is 5.01. The van der Waals surface area contributed by atoms with Gasteiger partial charge in [0.05, 0.1) is 16.9 Å². The van der Waals surface area contributed by atoms with Crippen molar-refractivity contribution in [2.24, 2.45) is 0 Å². The van der Waals surface area contributed by atoms with Crippen LogP contribution in [0, 0.1) is 0 Å². The second kappa shape index (κ2) is 8.21. The summed E-state index contributed by atoms with van der Waals surface area (Å²) in [6, 6.07) is 6.73. The van der Waals surface area contributed by atoms with Crippen molar-refractivity contribution in [1.82, 2.24) is 4.90 Å². The average Bonchev–Trinajstić information content (AvgIpc) is 2.66. The molecule has 0 saturated heterocycles. The van der Waals surface area contributed by atoms with Crippen LogP contribution in [0.15, 0.2) is 24.3 Å². The summed E-state index contributed by atoms with van der Waals surface area (Å²) in [5.74, 6) is -0.790. The molecule has 1 heterocycles. The first-order valence-electron chi connectivity index (χ1n) is 6.80. The van der Waals surface area contributed by atoms with Crippen molar-refractivity contribution >= 4 is 21.9 Å². The molecule has 0 unspecified atom stereocenters. The third-order valence-electron chi connectivity index (χ3n) is 3.41. The molecular weight excluding hydrogens is 317 g/mol. The minimum Gasteiger partial charge on any atom is -0.286 e. The van der Waals surface area contributed by atoms with E-state index >= 15 is 0 Å². The van der Waals surface area contributed by atoms with E-state index in [9.17, 15) is 18.0 Å². The number of imide groups is 1. The molecule has 1 aromatic rings. The molecule has 6 nitrogen and oxygen atoms in total. The first-order chi connectivity index (χ1) is 9.90. The maximum absolute atomic E-state index is 12.1. The Labute approximate surface area is 151 Å². The zero-order valence-corrected chi connectivity index (χ0v) is 15.3. The van der Waals surface area contributed by atoms with E-state index in [2.05, 4.69) is 0 Å². The molecule has 0 fully saturated rings. The molecule has 2 amide bonds. The maximum Gasteiger partial charge on any atom is 1.00 e. The average molecular weight is 334 g/mol. The zero-order valence-electron chi connectivity index (χ0n) is 12.5. The summed E-state index contributed by atoms with van der Waals surface area (Å²) < 4.78 is 29.7. The Bertz CT molecular complexity index is 624. The summed E-state index contributed by atoms with van der Waals surface area (Å²) in [4.78, 5) is 25.3. The van der Waals surface area contributed by atoms with Gasteiger partial charge in [0, 0.05) is 6.54 Å². The standard InChI is InChI=1S/C14H17NO5S.Na/c16-13-11-7-3-4-8-12(11)14(17)15(13)9-5-1-2-6-10-21(18,19)20;/h3-4,7-8H,1-2,5-6,9-10H2,(H,18,19,20);/q;+1. The van der Waals surface area contributed by atoms with Crippen molar-refractivity contribution in [2.45, 2.75) is 25.7 Å². The molecule has 1 N–H and O–H groups in total. The Kier molecular flexibility index (Phi) is 7.21. The van der Waals surface area contributed by atoms with Crippen LogP contribution in [0.4, 0.5) is 0 Å². The van der Waals surface area contributed by atoms with E-state index in [4.69, 9.17) is 4.55 Å². The van der Waals surface area contributed by atoms with Gasteiger partial charge in [0.1, 0.15) is 0 Å². The Hall–Kier alpha value is -0.730. The van der Waals surface area contributed by atoms with Gasteiger partial charge in [0.2, 0.25) is 0 Å². The zero-order chi connectivity index (χ0) is 15.5. The number of carbonyl (C=O) groups excluding carboxylic acids is 2. The number of benzene rings is 1. The molecule has 1 aromatic carbocycles. The molecule has 0 saturated carbocycles. The van der Waals surface area contributed by atoms with E-state index in [1.165, 1.54) is 4.90 Å². The summed E-state index contributed by atoms with van der Waals surface area (Å²) in [7, 11) is -3.90. The molecule has 0 bridgehead atoms. The van der Waals surface area contributed by atoms with Crippen molar-refractivity contribution in [3.05, 3.63) is 35.4 Å². The predicted octanol–water partition coefficient (Wildman–Crippen LogP) is -1.27. The Morgan fingerprint density at radius 2 is 1.41 bits per heavy atom. The molecule has 22 heavy (non-hydrogen) atoms. The summed E-state index contributed by atoms with van der Waals surface area (Å²) in [5, 5.41) is 0. The van der Waals surface area contributed by atoms with Gasteiger partial charge < -0.3 is 0 Å². The van der Waals surface area contributed by atoms with Gasteiger partial charge in [-0.15, -0.1) is 0 Å². The molecule has 0 aliphatic carbocycles. The minimum absolute atomic E-state index is 0. The van der Waals surface area contributed by atoms with Crippen LogP contribution in [0.1, 0.15) is 46.4 Å². The number of rotatable bonds is 7. The van der Waals surface area contributed by atoms with Crippen molar-refractivity contribution in [3.8, 4) is 0 Å². The number of hydrogen-bond acceptors (Lipinski definition) is 4. The SMILES string of the molecule is O=C1c2ccccc2C(=O)N1CCCCCCS(=O)(=O)O.[Na+]. The van der Waals surface area contributed by atoms with Gasteiger partial charge in [-0.25, -0.2) is 0 Å². The normalized spacial score (nSPS) is 14.0. The predicted molar refractivity (Wildman–Crippen MR) is 76.7 cm³/mol. The van der Waals surface area contributed by atoms with Gasteiger partial charge >= 0.3 is 29.6 Å². The van der Waals surface area contributed by atoms with Crippen molar-refractivity contribution in [1.29, 1.82) is 0 Å². The van der Waals surface area contributed by atoms with Crippen molar-refractivity contribution in [3.63, 3.8) is 0 Å². The summed E-state index contributed by atoms with van der Waals surface area (Å²) in [5.41, 5.74) is 0.878. The number of amides is 2. The van der Waals surface area contributed by atoms with E-state index in [0.29, 0.717) is 43.4 Å². The summed E-state index contributed by atoms with van der Waals surface area (Å²) >= 11 is 0. The van der Waals surface area contributed by atoms with Crippen molar-refractivity contribution in [2.75, 3.05) is 12.3 Å². The Balaban J connectivity index is 0.00000242. The van der Waals surface area contributed by atoms with Crippen LogP contribution in [0.5, 0.6) is 0 Å². The van der Waals surface area contributed by atoms with Crippen LogP contribution in [0.3, 0.4) is 0 Å². The fourth-order valence-electron chi connectivity index (χ4n) is 2.35. The largest absolute Gasteiger partial charge is 1.00 e. The van der Waals surface area contributed by atoms with E-state index in [0.717, 1.165) is 0 Å². The number of nitrogens with zero attached hydrogens (tertiary/aromatic N) is 1. The third kappa shape index (κ3) is 4.89. The van der Waals surface area contributed by atoms with E-state index < -0.39 is 10.1 Å². The number of fused-ring (bicyclic) bond motifs is 1. The molecule has 1 aliphatic heterocycles. The molecule has 114 valence electrons.